The average molecular weight is 367 g/mol. The molecule has 0 bridgehead atoms. The van der Waals surface area contributed by atoms with Crippen LogP contribution in [-0.2, 0) is 0 Å². The number of fused-ring (bicyclic) bond motifs is 1. The van der Waals surface area contributed by atoms with E-state index in [1.807, 2.05) is 18.2 Å². The van der Waals surface area contributed by atoms with Gasteiger partial charge in [0, 0.05) is 23.2 Å². The summed E-state index contributed by atoms with van der Waals surface area (Å²) in [5.74, 6) is -0.156. The first-order chi connectivity index (χ1) is 13.1. The Kier molecular flexibility index (Phi) is 4.55. The summed E-state index contributed by atoms with van der Waals surface area (Å²) in [6.07, 6.45) is 5.87. The van der Waals surface area contributed by atoms with Gasteiger partial charge in [-0.15, -0.1) is 10.2 Å². The summed E-state index contributed by atoms with van der Waals surface area (Å²) in [5, 5.41) is 22.1. The van der Waals surface area contributed by atoms with Crippen molar-refractivity contribution in [2.75, 3.05) is 10.6 Å². The van der Waals surface area contributed by atoms with Crippen LogP contribution >= 0.6 is 0 Å². The first-order valence-corrected chi connectivity index (χ1v) is 8.87. The van der Waals surface area contributed by atoms with Gasteiger partial charge >= 0.3 is 0 Å². The van der Waals surface area contributed by atoms with E-state index in [0.29, 0.717) is 5.95 Å². The predicted molar refractivity (Wildman–Crippen MR) is 102 cm³/mol. The second-order valence-electron chi connectivity index (χ2n) is 6.69. The van der Waals surface area contributed by atoms with Crippen LogP contribution in [0, 0.1) is 0 Å². The number of aromatic amines is 1. The Hall–Kier alpha value is -3.27. The van der Waals surface area contributed by atoms with E-state index in [2.05, 4.69) is 36.0 Å². The molecular formula is C17H21N9O. The number of aromatic nitrogens is 5. The Morgan fingerprint density at radius 3 is 2.89 bits per heavy atom. The van der Waals surface area contributed by atoms with Crippen molar-refractivity contribution in [1.29, 1.82) is 0 Å². The van der Waals surface area contributed by atoms with Crippen LogP contribution in [0.1, 0.15) is 36.2 Å². The lowest BCUT2D eigenvalue weighted by molar-refractivity contribution is 0.0995. The van der Waals surface area contributed by atoms with E-state index in [-0.39, 0.29) is 23.6 Å². The highest BCUT2D eigenvalue weighted by atomic mass is 16.1. The van der Waals surface area contributed by atoms with Gasteiger partial charge in [0.1, 0.15) is 0 Å². The molecule has 2 atom stereocenters. The van der Waals surface area contributed by atoms with Crippen molar-refractivity contribution < 1.29 is 4.79 Å². The molecule has 10 heteroatoms. The van der Waals surface area contributed by atoms with Crippen LogP contribution in [-0.4, -0.2) is 43.4 Å². The van der Waals surface area contributed by atoms with Crippen molar-refractivity contribution in [1.82, 2.24) is 25.4 Å². The molecular weight excluding hydrogens is 346 g/mol. The number of nitrogens with one attached hydrogen (secondary N) is 3. The number of nitrogens with zero attached hydrogens (tertiary/aromatic N) is 4. The number of nitrogens with two attached hydrogens (primary N) is 2. The first kappa shape index (κ1) is 17.2. The maximum absolute atomic E-state index is 11.7. The molecule has 27 heavy (non-hydrogen) atoms. The van der Waals surface area contributed by atoms with Gasteiger partial charge in [-0.3, -0.25) is 9.89 Å². The summed E-state index contributed by atoms with van der Waals surface area (Å²) >= 11 is 0. The quantitative estimate of drug-likeness (QED) is 0.450. The third-order valence-electron chi connectivity index (χ3n) is 4.76. The topological polar surface area (TPSA) is 161 Å². The number of H-pyrrole nitrogens is 1. The minimum atomic E-state index is -0.707. The summed E-state index contributed by atoms with van der Waals surface area (Å²) in [7, 11) is 0. The second kappa shape index (κ2) is 7.16. The Morgan fingerprint density at radius 2 is 2.07 bits per heavy atom. The largest absolute Gasteiger partial charge is 0.364 e. The van der Waals surface area contributed by atoms with Crippen molar-refractivity contribution in [3.8, 4) is 0 Å². The Labute approximate surface area is 155 Å². The second-order valence-corrected chi connectivity index (χ2v) is 6.69. The molecule has 140 valence electrons. The molecule has 7 N–H and O–H groups in total. The van der Waals surface area contributed by atoms with E-state index in [0.717, 1.165) is 42.3 Å². The number of amides is 1. The summed E-state index contributed by atoms with van der Waals surface area (Å²) in [5.41, 5.74) is 13.1. The Balaban J connectivity index is 1.61. The number of carbonyl (C=O) groups excluding carboxylic acids is 1. The lowest BCUT2D eigenvalue weighted by Crippen LogP contribution is -2.43. The van der Waals surface area contributed by atoms with Crippen molar-refractivity contribution in [3.05, 3.63) is 30.1 Å². The fourth-order valence-electron chi connectivity index (χ4n) is 3.30. The standard InChI is InChI=1S/C17H21N9O/c18-11-3-1-2-4-12(11)22-17-23-16(14(15(19)27)25-26-17)21-10-6-5-9-8-20-24-13(9)7-10/h5-8,11-12H,1-4,18H2,(H2,19,27)(H,20,24)(H2,21,22,23,26)/t11-,12+/m0/s1. The number of hydrogen-bond acceptors (Lipinski definition) is 8. The molecule has 0 saturated heterocycles. The van der Waals surface area contributed by atoms with Crippen LogP contribution in [0.2, 0.25) is 0 Å². The molecule has 1 saturated carbocycles. The molecule has 1 aromatic carbocycles. The predicted octanol–water partition coefficient (Wildman–Crippen LogP) is 1.27. The number of primary amides is 1. The average Bonchev–Trinajstić information content (AvgIpc) is 3.11. The van der Waals surface area contributed by atoms with E-state index in [1.54, 1.807) is 6.20 Å². The molecule has 1 aliphatic rings. The van der Waals surface area contributed by atoms with Gasteiger partial charge in [-0.25, -0.2) is 0 Å². The van der Waals surface area contributed by atoms with Gasteiger partial charge in [0.25, 0.3) is 5.91 Å². The number of anilines is 3. The van der Waals surface area contributed by atoms with Crippen molar-refractivity contribution in [3.63, 3.8) is 0 Å². The third-order valence-corrected chi connectivity index (χ3v) is 4.76. The number of benzene rings is 1. The van der Waals surface area contributed by atoms with E-state index < -0.39 is 5.91 Å². The van der Waals surface area contributed by atoms with Crippen LogP contribution in [0.4, 0.5) is 17.5 Å². The zero-order valence-electron chi connectivity index (χ0n) is 14.6. The van der Waals surface area contributed by atoms with E-state index in [4.69, 9.17) is 11.5 Å². The molecule has 3 aromatic rings. The minimum Gasteiger partial charge on any atom is -0.364 e. The highest BCUT2D eigenvalue weighted by Gasteiger charge is 2.23. The molecule has 2 aromatic heterocycles. The van der Waals surface area contributed by atoms with Gasteiger partial charge in [-0.05, 0) is 31.0 Å². The molecule has 1 aliphatic carbocycles. The van der Waals surface area contributed by atoms with Crippen LogP contribution in [0.3, 0.4) is 0 Å². The molecule has 1 fully saturated rings. The first-order valence-electron chi connectivity index (χ1n) is 8.87. The van der Waals surface area contributed by atoms with Crippen LogP contribution in [0.15, 0.2) is 24.4 Å². The van der Waals surface area contributed by atoms with Gasteiger partial charge in [-0.1, -0.05) is 12.8 Å². The SMILES string of the molecule is NC(=O)c1nnc(N[C@@H]2CCCC[C@@H]2N)nc1Nc1ccc2cn[nH]c2c1. The summed E-state index contributed by atoms with van der Waals surface area (Å²) in [6, 6.07) is 5.74. The molecule has 0 spiro atoms. The fraction of sp³-hybridized carbons (Fsp3) is 0.353. The van der Waals surface area contributed by atoms with Gasteiger partial charge in [0.2, 0.25) is 5.95 Å². The highest BCUT2D eigenvalue weighted by molar-refractivity contribution is 5.96. The molecule has 10 nitrogen and oxygen atoms in total. The Bertz CT molecular complexity index is 970. The van der Waals surface area contributed by atoms with Gasteiger partial charge in [-0.2, -0.15) is 10.1 Å². The maximum atomic E-state index is 11.7. The maximum Gasteiger partial charge on any atom is 0.273 e. The van der Waals surface area contributed by atoms with E-state index >= 15 is 0 Å². The minimum absolute atomic E-state index is 0.0294. The van der Waals surface area contributed by atoms with Crippen LogP contribution < -0.4 is 22.1 Å². The molecule has 0 radical (unpaired) electrons. The van der Waals surface area contributed by atoms with Gasteiger partial charge < -0.3 is 22.1 Å². The third kappa shape index (κ3) is 3.65. The summed E-state index contributed by atoms with van der Waals surface area (Å²) in [6.45, 7) is 0. The summed E-state index contributed by atoms with van der Waals surface area (Å²) < 4.78 is 0. The monoisotopic (exact) mass is 367 g/mol. The highest BCUT2D eigenvalue weighted by Crippen LogP contribution is 2.23. The molecule has 4 rings (SSSR count). The van der Waals surface area contributed by atoms with Gasteiger partial charge in [0.05, 0.1) is 11.7 Å². The lowest BCUT2D eigenvalue weighted by atomic mass is 9.91. The van der Waals surface area contributed by atoms with Gasteiger partial charge in [0.15, 0.2) is 11.5 Å². The number of carbonyl (C=O) groups is 1. The van der Waals surface area contributed by atoms with E-state index in [9.17, 15) is 4.79 Å². The van der Waals surface area contributed by atoms with Crippen molar-refractivity contribution in [2.24, 2.45) is 11.5 Å². The Morgan fingerprint density at radius 1 is 1.22 bits per heavy atom. The molecule has 0 aliphatic heterocycles. The lowest BCUT2D eigenvalue weighted by Gasteiger charge is -2.29. The van der Waals surface area contributed by atoms with Crippen molar-refractivity contribution >= 4 is 34.3 Å². The molecule has 2 heterocycles. The van der Waals surface area contributed by atoms with Crippen LogP contribution in [0.25, 0.3) is 10.9 Å². The molecule has 0 unspecified atom stereocenters. The number of hydrogen-bond donors (Lipinski definition) is 5. The zero-order chi connectivity index (χ0) is 18.8. The van der Waals surface area contributed by atoms with E-state index in [1.165, 1.54) is 0 Å². The zero-order valence-corrected chi connectivity index (χ0v) is 14.6. The summed E-state index contributed by atoms with van der Waals surface area (Å²) in [4.78, 5) is 16.1. The molecule has 1 amide bonds. The normalized spacial score (nSPS) is 19.7. The number of rotatable bonds is 5. The van der Waals surface area contributed by atoms with Crippen LogP contribution in [0.5, 0.6) is 0 Å². The fourth-order valence-corrected chi connectivity index (χ4v) is 3.30. The smallest absolute Gasteiger partial charge is 0.273 e. The van der Waals surface area contributed by atoms with Crippen molar-refractivity contribution in [2.45, 2.75) is 37.8 Å².